The summed E-state index contributed by atoms with van der Waals surface area (Å²) >= 11 is 1.77. The summed E-state index contributed by atoms with van der Waals surface area (Å²) in [4.78, 5) is 3.37. The number of nitrogens with zero attached hydrogens (tertiary/aromatic N) is 1. The lowest BCUT2D eigenvalue weighted by Gasteiger charge is -2.09. The van der Waals surface area contributed by atoms with Crippen LogP contribution in [-0.2, 0) is 0 Å². The fourth-order valence-corrected chi connectivity index (χ4v) is 0.992. The van der Waals surface area contributed by atoms with E-state index in [2.05, 4.69) is 9.72 Å². The van der Waals surface area contributed by atoms with Gasteiger partial charge in [-0.15, -0.1) is 13.2 Å². The molecule has 4 nitrogen and oxygen atoms in total. The van der Waals surface area contributed by atoms with Crippen LogP contribution in [0, 0.1) is 3.57 Å². The Morgan fingerprint density at radius 2 is 1.93 bits per heavy atom. The number of pyridine rings is 1. The normalized spacial score (nSPS) is 11.4. The van der Waals surface area contributed by atoms with Crippen LogP contribution in [0.1, 0.15) is 0 Å². The van der Waals surface area contributed by atoms with Gasteiger partial charge in [-0.3, -0.25) is 0 Å². The molecule has 0 amide bonds. The molecule has 78 valence electrons. The van der Waals surface area contributed by atoms with Crippen LogP contribution in [0.4, 0.5) is 24.7 Å². The lowest BCUT2D eigenvalue weighted by Crippen LogP contribution is -2.18. The Hall–Kier alpha value is -0.930. The molecule has 0 aromatic carbocycles. The minimum absolute atomic E-state index is 0.0927. The molecule has 0 bridgehead atoms. The second kappa shape index (κ2) is 3.67. The van der Waals surface area contributed by atoms with E-state index >= 15 is 0 Å². The van der Waals surface area contributed by atoms with Gasteiger partial charge in [-0.05, 0) is 22.6 Å². The Kier molecular flexibility index (Phi) is 2.92. The molecule has 14 heavy (non-hydrogen) atoms. The van der Waals surface area contributed by atoms with Crippen LogP contribution >= 0.6 is 22.6 Å². The summed E-state index contributed by atoms with van der Waals surface area (Å²) in [5.41, 5.74) is 10.8. The lowest BCUT2D eigenvalue weighted by molar-refractivity contribution is -0.276. The van der Waals surface area contributed by atoms with Gasteiger partial charge >= 0.3 is 6.36 Å². The molecule has 1 heterocycles. The average Bonchev–Trinajstić information content (AvgIpc) is 1.96. The van der Waals surface area contributed by atoms with E-state index in [4.69, 9.17) is 11.5 Å². The van der Waals surface area contributed by atoms with Crippen LogP contribution in [0.25, 0.3) is 0 Å². The molecule has 0 fully saturated rings. The maximum Gasteiger partial charge on any atom is 0.574 e. The summed E-state index contributed by atoms with van der Waals surface area (Å²) in [5.74, 6) is -0.752. The highest BCUT2D eigenvalue weighted by molar-refractivity contribution is 14.1. The summed E-state index contributed by atoms with van der Waals surface area (Å²) in [6.07, 6.45) is -4.79. The molecule has 0 spiro atoms. The molecule has 4 N–H and O–H groups in total. The van der Waals surface area contributed by atoms with Crippen molar-refractivity contribution in [1.29, 1.82) is 0 Å². The molecule has 1 aromatic heterocycles. The Morgan fingerprint density at radius 3 is 2.36 bits per heavy atom. The molecule has 1 rings (SSSR count). The maximum atomic E-state index is 11.8. The lowest BCUT2D eigenvalue weighted by atomic mass is 10.4. The molecule has 0 aliphatic carbocycles. The topological polar surface area (TPSA) is 74.2 Å². The molecule has 8 heteroatoms. The highest BCUT2D eigenvalue weighted by Crippen LogP contribution is 2.27. The third kappa shape index (κ3) is 2.79. The summed E-state index contributed by atoms with van der Waals surface area (Å²) in [6, 6.07) is 0.964. The largest absolute Gasteiger partial charge is 0.574 e. The number of hydrogen-bond acceptors (Lipinski definition) is 4. The molecule has 0 unspecified atom stereocenters. The molecule has 0 aliphatic rings. The molecule has 0 radical (unpaired) electrons. The van der Waals surface area contributed by atoms with Crippen molar-refractivity contribution in [2.24, 2.45) is 0 Å². The fraction of sp³-hybridized carbons (Fsp3) is 0.167. The van der Waals surface area contributed by atoms with Crippen molar-refractivity contribution in [2.45, 2.75) is 6.36 Å². The number of halogens is 4. The van der Waals surface area contributed by atoms with Gasteiger partial charge in [0.05, 0.1) is 9.26 Å². The number of alkyl halides is 3. The van der Waals surface area contributed by atoms with Gasteiger partial charge in [-0.25, -0.2) is 0 Å². The number of anilines is 2. The van der Waals surface area contributed by atoms with Crippen LogP contribution in [0.2, 0.25) is 0 Å². The zero-order valence-corrected chi connectivity index (χ0v) is 8.76. The average molecular weight is 319 g/mol. The number of rotatable bonds is 1. The smallest absolute Gasteiger partial charge is 0.398 e. The van der Waals surface area contributed by atoms with Crippen LogP contribution < -0.4 is 16.2 Å². The summed E-state index contributed by atoms with van der Waals surface area (Å²) in [7, 11) is 0. The monoisotopic (exact) mass is 319 g/mol. The molecule has 0 atom stereocenters. The Morgan fingerprint density at radius 1 is 1.36 bits per heavy atom. The second-order valence-electron chi connectivity index (χ2n) is 2.30. The van der Waals surface area contributed by atoms with Gasteiger partial charge < -0.3 is 16.2 Å². The fourth-order valence-electron chi connectivity index (χ4n) is 0.715. The van der Waals surface area contributed by atoms with Crippen molar-refractivity contribution in [1.82, 2.24) is 4.98 Å². The first-order valence-corrected chi connectivity index (χ1v) is 4.34. The number of nitrogens with two attached hydrogens (primary N) is 2. The van der Waals surface area contributed by atoms with Gasteiger partial charge in [0.1, 0.15) is 5.82 Å². The summed E-state index contributed by atoms with van der Waals surface area (Å²) in [5, 5.41) is 0. The van der Waals surface area contributed by atoms with E-state index in [1.807, 2.05) is 0 Å². The van der Waals surface area contributed by atoms with Crippen molar-refractivity contribution in [3.05, 3.63) is 9.64 Å². The number of aromatic nitrogens is 1. The zero-order valence-electron chi connectivity index (χ0n) is 6.60. The van der Waals surface area contributed by atoms with Gasteiger partial charge in [0.2, 0.25) is 5.88 Å². The summed E-state index contributed by atoms with van der Waals surface area (Å²) < 4.78 is 39.2. The third-order valence-electron chi connectivity index (χ3n) is 1.21. The molecule has 1 aromatic rings. The van der Waals surface area contributed by atoms with Crippen LogP contribution in [0.15, 0.2) is 6.07 Å². The van der Waals surface area contributed by atoms with E-state index < -0.39 is 12.2 Å². The van der Waals surface area contributed by atoms with E-state index in [-0.39, 0.29) is 11.5 Å². The van der Waals surface area contributed by atoms with Gasteiger partial charge in [0, 0.05) is 6.07 Å². The quantitative estimate of drug-likeness (QED) is 0.774. The van der Waals surface area contributed by atoms with Crippen LogP contribution in [0.3, 0.4) is 0 Å². The standard InChI is InChI=1S/C6H5F3IN3O/c7-6(8,9)14-3-1-2(11)4(10)5(12)13-3/h1H,(H4,11,12,13). The Bertz CT molecular complexity index is 332. The third-order valence-corrected chi connectivity index (χ3v) is 2.38. The van der Waals surface area contributed by atoms with Crippen molar-refractivity contribution in [3.8, 4) is 5.88 Å². The molecule has 0 aliphatic heterocycles. The van der Waals surface area contributed by atoms with E-state index in [9.17, 15) is 13.2 Å². The minimum atomic E-state index is -4.79. The maximum absolute atomic E-state index is 11.8. The zero-order chi connectivity index (χ0) is 10.9. The molecular formula is C6H5F3IN3O. The molecule has 0 saturated heterocycles. The second-order valence-corrected chi connectivity index (χ2v) is 3.38. The van der Waals surface area contributed by atoms with Gasteiger partial charge in [0.15, 0.2) is 0 Å². The number of nitrogen functional groups attached to an aromatic ring is 2. The van der Waals surface area contributed by atoms with E-state index in [1.54, 1.807) is 22.6 Å². The Balaban J connectivity index is 3.02. The SMILES string of the molecule is Nc1cc(OC(F)(F)F)nc(N)c1I. The first-order valence-electron chi connectivity index (χ1n) is 3.27. The number of hydrogen-bond donors (Lipinski definition) is 2. The van der Waals surface area contributed by atoms with Crippen molar-refractivity contribution in [3.63, 3.8) is 0 Å². The first kappa shape index (κ1) is 11.1. The van der Waals surface area contributed by atoms with Gasteiger partial charge in [-0.2, -0.15) is 4.98 Å². The Labute approximate surface area is 90.6 Å². The number of ether oxygens (including phenoxy) is 1. The van der Waals surface area contributed by atoms with Gasteiger partial charge in [0.25, 0.3) is 0 Å². The van der Waals surface area contributed by atoms with E-state index in [1.165, 1.54) is 0 Å². The summed E-state index contributed by atoms with van der Waals surface area (Å²) in [6.45, 7) is 0. The highest BCUT2D eigenvalue weighted by Gasteiger charge is 2.32. The highest BCUT2D eigenvalue weighted by atomic mass is 127. The first-order chi connectivity index (χ1) is 6.29. The van der Waals surface area contributed by atoms with Crippen molar-refractivity contribution >= 4 is 34.1 Å². The molecular weight excluding hydrogens is 314 g/mol. The van der Waals surface area contributed by atoms with Crippen molar-refractivity contribution in [2.75, 3.05) is 11.5 Å². The van der Waals surface area contributed by atoms with Gasteiger partial charge in [-0.1, -0.05) is 0 Å². The van der Waals surface area contributed by atoms with Crippen LogP contribution in [-0.4, -0.2) is 11.3 Å². The van der Waals surface area contributed by atoms with E-state index in [0.717, 1.165) is 6.07 Å². The van der Waals surface area contributed by atoms with E-state index in [0.29, 0.717) is 3.57 Å². The van der Waals surface area contributed by atoms with Crippen molar-refractivity contribution < 1.29 is 17.9 Å². The predicted octanol–water partition coefficient (Wildman–Crippen LogP) is 1.75. The molecule has 0 saturated carbocycles. The minimum Gasteiger partial charge on any atom is -0.398 e. The predicted molar refractivity (Wildman–Crippen MR) is 52.5 cm³/mol. The van der Waals surface area contributed by atoms with Crippen LogP contribution in [0.5, 0.6) is 5.88 Å².